The smallest absolute Gasteiger partial charge is 0.340 e. The number of nitrogens with one attached hydrogen (secondary N) is 1. The van der Waals surface area contributed by atoms with Crippen LogP contribution in [0.15, 0.2) is 39.5 Å². The molecule has 1 amide bonds. The van der Waals surface area contributed by atoms with Gasteiger partial charge in [0.2, 0.25) is 5.91 Å². The van der Waals surface area contributed by atoms with Gasteiger partial charge in [-0.2, -0.15) is 0 Å². The maximum atomic E-state index is 12.6. The molecule has 1 aliphatic rings. The van der Waals surface area contributed by atoms with Gasteiger partial charge in [-0.3, -0.25) is 4.79 Å². The number of hydrogen-bond donors (Lipinski definition) is 2. The second-order valence-electron chi connectivity index (χ2n) is 6.77. The van der Waals surface area contributed by atoms with E-state index in [9.17, 15) is 14.7 Å². The van der Waals surface area contributed by atoms with Gasteiger partial charge in [-0.15, -0.1) is 0 Å². The number of carbonyl (C=O) groups is 1. The normalized spacial score (nSPS) is 12.7. The first-order valence-electron chi connectivity index (χ1n) is 8.74. The summed E-state index contributed by atoms with van der Waals surface area (Å²) in [5.41, 5.74) is 3.41. The molecule has 1 aliphatic heterocycles. The zero-order valence-corrected chi connectivity index (χ0v) is 15.1. The lowest BCUT2D eigenvalue weighted by Gasteiger charge is -2.12. The zero-order valence-electron chi connectivity index (χ0n) is 15.1. The van der Waals surface area contributed by atoms with Gasteiger partial charge in [0.05, 0.1) is 18.6 Å². The van der Waals surface area contributed by atoms with Crippen molar-refractivity contribution in [1.82, 2.24) is 0 Å². The number of phenols is 1. The highest BCUT2D eigenvalue weighted by atomic mass is 16.5. The first kappa shape index (κ1) is 17.1. The second-order valence-corrected chi connectivity index (χ2v) is 6.77. The first-order chi connectivity index (χ1) is 12.9. The molecular formula is C21H19NO5. The van der Waals surface area contributed by atoms with E-state index in [-0.39, 0.29) is 18.1 Å². The number of amides is 1. The largest absolute Gasteiger partial charge is 0.508 e. The standard InChI is InChI=1S/C21H19NO5/c1-11-7-18-13(5-6-26-18)8-17(11)22-20(24)10-16-12(2)15-4-3-14(23)9-19(15)27-21(16)25/h3-4,7-9,23H,5-6,10H2,1-2H3,(H,22,24). The molecule has 6 heteroatoms. The van der Waals surface area contributed by atoms with Crippen molar-refractivity contribution < 1.29 is 19.1 Å². The Morgan fingerprint density at radius 2 is 2.04 bits per heavy atom. The Morgan fingerprint density at radius 1 is 1.22 bits per heavy atom. The maximum Gasteiger partial charge on any atom is 0.340 e. The lowest BCUT2D eigenvalue weighted by atomic mass is 10.0. The van der Waals surface area contributed by atoms with E-state index in [4.69, 9.17) is 9.15 Å². The van der Waals surface area contributed by atoms with Crippen LogP contribution in [-0.4, -0.2) is 17.6 Å². The molecule has 0 atom stereocenters. The predicted molar refractivity (Wildman–Crippen MR) is 102 cm³/mol. The summed E-state index contributed by atoms with van der Waals surface area (Å²) >= 11 is 0. The first-order valence-corrected chi connectivity index (χ1v) is 8.74. The molecule has 0 unspecified atom stereocenters. The quantitative estimate of drug-likeness (QED) is 0.696. The van der Waals surface area contributed by atoms with Gasteiger partial charge >= 0.3 is 5.63 Å². The third-order valence-corrected chi connectivity index (χ3v) is 4.92. The molecule has 1 aromatic heterocycles. The number of phenolic OH excluding ortho intramolecular Hbond substituents is 1. The minimum absolute atomic E-state index is 0.0200. The zero-order chi connectivity index (χ0) is 19.1. The van der Waals surface area contributed by atoms with Gasteiger partial charge in [-0.25, -0.2) is 4.79 Å². The van der Waals surface area contributed by atoms with Gasteiger partial charge in [0.1, 0.15) is 17.1 Å². The number of ether oxygens (including phenoxy) is 1. The molecule has 3 aromatic rings. The van der Waals surface area contributed by atoms with Crippen molar-refractivity contribution in [3.05, 3.63) is 63.0 Å². The van der Waals surface area contributed by atoms with Crippen LogP contribution in [0.3, 0.4) is 0 Å². The third-order valence-electron chi connectivity index (χ3n) is 4.92. The van der Waals surface area contributed by atoms with Crippen LogP contribution in [0.2, 0.25) is 0 Å². The van der Waals surface area contributed by atoms with Crippen LogP contribution in [-0.2, 0) is 17.6 Å². The minimum Gasteiger partial charge on any atom is -0.508 e. The number of rotatable bonds is 3. The molecule has 2 aromatic carbocycles. The molecule has 0 radical (unpaired) electrons. The van der Waals surface area contributed by atoms with E-state index < -0.39 is 5.63 Å². The molecule has 138 valence electrons. The number of aromatic hydroxyl groups is 1. The number of carbonyl (C=O) groups excluding carboxylic acids is 1. The number of hydrogen-bond acceptors (Lipinski definition) is 5. The number of benzene rings is 2. The van der Waals surface area contributed by atoms with E-state index >= 15 is 0 Å². The van der Waals surface area contributed by atoms with E-state index in [0.29, 0.717) is 28.7 Å². The Hall–Kier alpha value is -3.28. The van der Waals surface area contributed by atoms with Gasteiger partial charge in [0.15, 0.2) is 0 Å². The highest BCUT2D eigenvalue weighted by Gasteiger charge is 2.18. The summed E-state index contributed by atoms with van der Waals surface area (Å²) in [5, 5.41) is 13.1. The van der Waals surface area contributed by atoms with Crippen molar-refractivity contribution in [2.24, 2.45) is 0 Å². The molecule has 0 bridgehead atoms. The summed E-state index contributed by atoms with van der Waals surface area (Å²) in [6.45, 7) is 4.33. The lowest BCUT2D eigenvalue weighted by molar-refractivity contribution is -0.115. The predicted octanol–water partition coefficient (Wildman–Crippen LogP) is 3.23. The third kappa shape index (κ3) is 3.14. The van der Waals surface area contributed by atoms with Gasteiger partial charge in [-0.05, 0) is 54.8 Å². The van der Waals surface area contributed by atoms with Crippen LogP contribution >= 0.6 is 0 Å². The molecule has 27 heavy (non-hydrogen) atoms. The minimum atomic E-state index is -0.570. The fourth-order valence-electron chi connectivity index (χ4n) is 3.40. The van der Waals surface area contributed by atoms with Crippen LogP contribution < -0.4 is 15.7 Å². The molecule has 0 fully saturated rings. The summed E-state index contributed by atoms with van der Waals surface area (Å²) in [6.07, 6.45) is 0.733. The van der Waals surface area contributed by atoms with Crippen LogP contribution in [0.1, 0.15) is 22.3 Å². The van der Waals surface area contributed by atoms with Gasteiger partial charge in [-0.1, -0.05) is 0 Å². The molecule has 4 rings (SSSR count). The average molecular weight is 365 g/mol. The van der Waals surface area contributed by atoms with Gasteiger partial charge < -0.3 is 19.6 Å². The SMILES string of the molecule is Cc1cc2c(cc1NC(=O)Cc1c(C)c3ccc(O)cc3oc1=O)CCO2. The molecule has 0 saturated carbocycles. The molecular weight excluding hydrogens is 346 g/mol. The highest BCUT2D eigenvalue weighted by Crippen LogP contribution is 2.31. The number of aryl methyl sites for hydroxylation is 2. The highest BCUT2D eigenvalue weighted by molar-refractivity contribution is 5.94. The van der Waals surface area contributed by atoms with Crippen LogP contribution in [0.4, 0.5) is 5.69 Å². The van der Waals surface area contributed by atoms with Crippen LogP contribution in [0, 0.1) is 13.8 Å². The Morgan fingerprint density at radius 3 is 2.85 bits per heavy atom. The summed E-state index contributed by atoms with van der Waals surface area (Å²) in [6, 6.07) is 8.43. The Bertz CT molecular complexity index is 1130. The molecule has 0 saturated heterocycles. The van der Waals surface area contributed by atoms with E-state index in [0.717, 1.165) is 29.0 Å². The average Bonchev–Trinajstić information content (AvgIpc) is 3.05. The van der Waals surface area contributed by atoms with Crippen LogP contribution in [0.25, 0.3) is 11.0 Å². The van der Waals surface area contributed by atoms with Crippen LogP contribution in [0.5, 0.6) is 11.5 Å². The Kier molecular flexibility index (Phi) is 4.11. The van der Waals surface area contributed by atoms with Gasteiger partial charge in [0, 0.05) is 23.6 Å². The van der Waals surface area contributed by atoms with E-state index in [1.807, 2.05) is 19.1 Å². The van der Waals surface area contributed by atoms with Gasteiger partial charge in [0.25, 0.3) is 0 Å². The topological polar surface area (TPSA) is 88.8 Å². The van der Waals surface area contributed by atoms with Crippen molar-refractivity contribution in [2.75, 3.05) is 11.9 Å². The molecule has 2 N–H and O–H groups in total. The molecule has 2 heterocycles. The van der Waals surface area contributed by atoms with E-state index in [1.54, 1.807) is 13.0 Å². The summed E-state index contributed by atoms with van der Waals surface area (Å²) in [5.74, 6) is 0.594. The number of fused-ring (bicyclic) bond motifs is 2. The fraction of sp³-hybridized carbons (Fsp3) is 0.238. The van der Waals surface area contributed by atoms with Crippen molar-refractivity contribution in [2.45, 2.75) is 26.7 Å². The molecule has 0 spiro atoms. The summed E-state index contributed by atoms with van der Waals surface area (Å²) < 4.78 is 10.8. The molecule has 6 nitrogen and oxygen atoms in total. The van der Waals surface area contributed by atoms with E-state index in [2.05, 4.69) is 5.32 Å². The lowest BCUT2D eigenvalue weighted by Crippen LogP contribution is -2.21. The Labute approximate surface area is 155 Å². The van der Waals surface area contributed by atoms with Crippen molar-refractivity contribution >= 4 is 22.6 Å². The monoisotopic (exact) mass is 365 g/mol. The fourth-order valence-corrected chi connectivity index (χ4v) is 3.40. The summed E-state index contributed by atoms with van der Waals surface area (Å²) in [4.78, 5) is 24.9. The molecule has 0 aliphatic carbocycles. The Balaban J connectivity index is 1.62. The van der Waals surface area contributed by atoms with Crippen molar-refractivity contribution in [3.8, 4) is 11.5 Å². The van der Waals surface area contributed by atoms with E-state index in [1.165, 1.54) is 12.1 Å². The summed E-state index contributed by atoms with van der Waals surface area (Å²) in [7, 11) is 0. The van der Waals surface area contributed by atoms with Crippen molar-refractivity contribution in [3.63, 3.8) is 0 Å². The maximum absolute atomic E-state index is 12.6. The second kappa shape index (κ2) is 6.46. The van der Waals surface area contributed by atoms with Crippen molar-refractivity contribution in [1.29, 1.82) is 0 Å². The number of anilines is 1.